The van der Waals surface area contributed by atoms with Crippen LogP contribution >= 0.6 is 28.0 Å². The molecule has 0 spiro atoms. The Kier molecular flexibility index (Phi) is 11.8. The summed E-state index contributed by atoms with van der Waals surface area (Å²) in [7, 11) is 3.22. The van der Waals surface area contributed by atoms with Crippen LogP contribution in [0.3, 0.4) is 0 Å². The highest BCUT2D eigenvalue weighted by Gasteiger charge is 2.50. The molecule has 6 unspecified atom stereocenters. The molecule has 2 aromatic rings. The average molecular weight is 690 g/mol. The molecule has 44 heavy (non-hydrogen) atoms. The summed E-state index contributed by atoms with van der Waals surface area (Å²) in [6.07, 6.45) is 9.25. The van der Waals surface area contributed by atoms with Crippen LogP contribution in [0.15, 0.2) is 58.0 Å². The van der Waals surface area contributed by atoms with Crippen LogP contribution in [0.25, 0.3) is 0 Å². The van der Waals surface area contributed by atoms with Gasteiger partial charge in [-0.2, -0.15) is 5.10 Å². The lowest BCUT2D eigenvalue weighted by Crippen LogP contribution is -2.54. The number of nitrogens with zero attached hydrogens (tertiary/aromatic N) is 3. The van der Waals surface area contributed by atoms with Crippen LogP contribution in [-0.2, 0) is 25.6 Å². The number of Topliss-reactive ketones (excluding diaryl/α,β-unsaturated/α-hetero) is 1. The third kappa shape index (κ3) is 8.80. The third-order valence-electron chi connectivity index (χ3n) is 8.32. The molecule has 5 N–H and O–H groups in total. The van der Waals surface area contributed by atoms with Crippen molar-refractivity contribution in [3.05, 3.63) is 58.8 Å². The Hall–Kier alpha value is -3.00. The lowest BCUT2D eigenvalue weighted by atomic mass is 10.0. The molecule has 1 saturated heterocycles. The molecule has 3 aliphatic rings. The van der Waals surface area contributed by atoms with E-state index in [2.05, 4.69) is 44.2 Å². The molecule has 13 heteroatoms. The Morgan fingerprint density at radius 3 is 2.50 bits per heavy atom. The Bertz CT molecular complexity index is 1370. The van der Waals surface area contributed by atoms with Gasteiger partial charge >= 0.3 is 0 Å². The summed E-state index contributed by atoms with van der Waals surface area (Å²) >= 11 is 4.61. The van der Waals surface area contributed by atoms with Gasteiger partial charge in [0.15, 0.2) is 0 Å². The number of aryl methyl sites for hydroxylation is 1. The van der Waals surface area contributed by atoms with Gasteiger partial charge in [0.25, 0.3) is 5.91 Å². The van der Waals surface area contributed by atoms with E-state index >= 15 is 0 Å². The molecule has 7 atom stereocenters. The SMILES string of the molecule is CC(=O)C1CC1/C=C\CCC1CC1[C@H](NC(=O)c1ccn(C)n1)C(=O)N1CC(OSc2ccc(Br)cc2)CC1C(N)=O.CN. The maximum Gasteiger partial charge on any atom is 0.272 e. The molecule has 0 radical (unpaired) electrons. The van der Waals surface area contributed by atoms with Gasteiger partial charge in [-0.3, -0.25) is 23.9 Å². The van der Waals surface area contributed by atoms with E-state index in [1.165, 1.54) is 28.7 Å². The van der Waals surface area contributed by atoms with Crippen LogP contribution in [-0.4, -0.2) is 70.0 Å². The third-order valence-corrected chi connectivity index (χ3v) is 9.68. The Morgan fingerprint density at radius 2 is 1.89 bits per heavy atom. The summed E-state index contributed by atoms with van der Waals surface area (Å²) in [6.45, 7) is 1.84. The second-order valence-corrected chi connectivity index (χ2v) is 13.3. The summed E-state index contributed by atoms with van der Waals surface area (Å²) in [5.41, 5.74) is 10.5. The zero-order valence-corrected chi connectivity index (χ0v) is 27.6. The van der Waals surface area contributed by atoms with Gasteiger partial charge in [-0.15, -0.1) is 0 Å². The second kappa shape index (κ2) is 15.3. The van der Waals surface area contributed by atoms with Crippen LogP contribution in [0.2, 0.25) is 0 Å². The van der Waals surface area contributed by atoms with Gasteiger partial charge in [-0.05, 0) is 87.7 Å². The van der Waals surface area contributed by atoms with Crippen molar-refractivity contribution in [2.75, 3.05) is 13.6 Å². The molecule has 2 saturated carbocycles. The number of halogens is 1. The van der Waals surface area contributed by atoms with Crippen molar-refractivity contribution in [1.82, 2.24) is 20.0 Å². The van der Waals surface area contributed by atoms with Crippen LogP contribution in [0, 0.1) is 23.7 Å². The minimum Gasteiger partial charge on any atom is -0.368 e. The molecule has 2 aliphatic carbocycles. The number of carbonyl (C=O) groups excluding carboxylic acids is 4. The van der Waals surface area contributed by atoms with Crippen molar-refractivity contribution in [3.63, 3.8) is 0 Å². The lowest BCUT2D eigenvalue weighted by Gasteiger charge is -2.28. The summed E-state index contributed by atoms with van der Waals surface area (Å²) in [5.74, 6) is -0.405. The van der Waals surface area contributed by atoms with Crippen LogP contribution in [0.4, 0.5) is 0 Å². The highest BCUT2D eigenvalue weighted by atomic mass is 79.9. The largest absolute Gasteiger partial charge is 0.368 e. The molecule has 3 amide bonds. The first-order valence-electron chi connectivity index (χ1n) is 14.8. The molecule has 1 aliphatic heterocycles. The minimum absolute atomic E-state index is 0.0601. The zero-order chi connectivity index (χ0) is 32.0. The number of nitrogens with one attached hydrogen (secondary N) is 1. The fourth-order valence-corrected chi connectivity index (χ4v) is 6.66. The predicted octanol–water partition coefficient (Wildman–Crippen LogP) is 3.23. The van der Waals surface area contributed by atoms with Crippen molar-refractivity contribution >= 4 is 51.5 Å². The molecule has 11 nitrogen and oxygen atoms in total. The van der Waals surface area contributed by atoms with Crippen molar-refractivity contribution < 1.29 is 23.4 Å². The molecule has 5 rings (SSSR count). The van der Waals surface area contributed by atoms with Crippen molar-refractivity contribution in [3.8, 4) is 0 Å². The quantitative estimate of drug-likeness (QED) is 0.213. The smallest absolute Gasteiger partial charge is 0.272 e. The van der Waals surface area contributed by atoms with Gasteiger partial charge in [-0.25, -0.2) is 0 Å². The number of aromatic nitrogens is 2. The maximum absolute atomic E-state index is 14.0. The van der Waals surface area contributed by atoms with E-state index in [4.69, 9.17) is 9.92 Å². The van der Waals surface area contributed by atoms with E-state index in [1.807, 2.05) is 24.3 Å². The monoisotopic (exact) mass is 688 g/mol. The van der Waals surface area contributed by atoms with Gasteiger partial charge < -0.3 is 25.9 Å². The Morgan fingerprint density at radius 1 is 1.16 bits per heavy atom. The Balaban J connectivity index is 0.00000216. The summed E-state index contributed by atoms with van der Waals surface area (Å²) in [5, 5.41) is 7.11. The maximum atomic E-state index is 14.0. The summed E-state index contributed by atoms with van der Waals surface area (Å²) in [6, 6.07) is 7.62. The van der Waals surface area contributed by atoms with E-state index in [1.54, 1.807) is 26.2 Å². The lowest BCUT2D eigenvalue weighted by molar-refractivity contribution is -0.139. The highest BCUT2D eigenvalue weighted by Crippen LogP contribution is 2.46. The second-order valence-electron chi connectivity index (χ2n) is 11.5. The standard InChI is InChI=1S/C30H36BrN5O5S.CH5N/c1-17(37)23-13-18(23)5-3-4-6-19-14-24(19)27(33-29(39)25-11-12-35(2)34-25)30(40)36-16-21(15-26(36)28(32)38)41-42-22-9-7-20(31)8-10-22;1-2/h3,5,7-12,18-19,21,23-24,26-27H,4,6,13-16H2,1-2H3,(H2,32,38)(H,33,39);2H2,1H3/b5-3-;/t18?,19?,21?,23?,24?,26?,27-;/m0./s1. The number of rotatable bonds is 13. The van der Waals surface area contributed by atoms with Gasteiger partial charge in [-0.1, -0.05) is 28.1 Å². The van der Waals surface area contributed by atoms with Crippen LogP contribution in [0.5, 0.6) is 0 Å². The first-order valence-corrected chi connectivity index (χ1v) is 16.4. The fraction of sp³-hybridized carbons (Fsp3) is 0.516. The number of hydrogen-bond acceptors (Lipinski definition) is 8. The number of carbonyl (C=O) groups is 4. The highest BCUT2D eigenvalue weighted by molar-refractivity contribution is 9.10. The molecule has 2 heterocycles. The number of nitrogens with two attached hydrogens (primary N) is 2. The molecule has 238 valence electrons. The van der Waals surface area contributed by atoms with E-state index in [0.29, 0.717) is 5.92 Å². The number of benzene rings is 1. The zero-order valence-electron chi connectivity index (χ0n) is 25.2. The minimum atomic E-state index is -0.824. The molecule has 0 bridgehead atoms. The predicted molar refractivity (Wildman–Crippen MR) is 171 cm³/mol. The number of hydrogen-bond donors (Lipinski definition) is 3. The average Bonchev–Trinajstić information content (AvgIpc) is 3.87. The van der Waals surface area contributed by atoms with Crippen molar-refractivity contribution in [1.29, 1.82) is 0 Å². The van der Waals surface area contributed by atoms with Gasteiger partial charge in [0.05, 0.1) is 6.10 Å². The van der Waals surface area contributed by atoms with E-state index in [0.717, 1.165) is 35.1 Å². The topological polar surface area (TPSA) is 163 Å². The van der Waals surface area contributed by atoms with Gasteiger partial charge in [0.2, 0.25) is 11.8 Å². The van der Waals surface area contributed by atoms with Crippen molar-refractivity contribution in [2.45, 2.75) is 62.1 Å². The summed E-state index contributed by atoms with van der Waals surface area (Å²) in [4.78, 5) is 53.4. The van der Waals surface area contributed by atoms with E-state index < -0.39 is 30.0 Å². The number of likely N-dealkylation sites (tertiary alicyclic amines) is 1. The number of primary amides is 1. The van der Waals surface area contributed by atoms with E-state index in [-0.39, 0.29) is 48.1 Å². The molecular formula is C31H41BrN6O5S. The normalized spacial score (nSPS) is 26.1. The number of amides is 3. The summed E-state index contributed by atoms with van der Waals surface area (Å²) < 4.78 is 8.49. The van der Waals surface area contributed by atoms with Crippen LogP contribution < -0.4 is 16.8 Å². The Labute approximate surface area is 270 Å². The first-order chi connectivity index (χ1) is 21.1. The fourth-order valence-electron chi connectivity index (χ4n) is 5.76. The van der Waals surface area contributed by atoms with Gasteiger partial charge in [0.1, 0.15) is 23.6 Å². The molecule has 1 aromatic heterocycles. The number of ketones is 1. The van der Waals surface area contributed by atoms with Crippen molar-refractivity contribution in [2.24, 2.45) is 42.2 Å². The number of allylic oxidation sites excluding steroid dienone is 2. The van der Waals surface area contributed by atoms with Gasteiger partial charge in [0, 0.05) is 53.5 Å². The molecular weight excluding hydrogens is 648 g/mol. The first kappa shape index (κ1) is 33.9. The molecule has 1 aromatic carbocycles. The van der Waals surface area contributed by atoms with E-state index in [9.17, 15) is 19.2 Å². The molecule has 3 fully saturated rings. The van der Waals surface area contributed by atoms with Crippen LogP contribution in [0.1, 0.15) is 49.5 Å².